The van der Waals surface area contributed by atoms with Gasteiger partial charge in [-0.3, -0.25) is 9.69 Å². The molecule has 2 rings (SSSR count). The highest BCUT2D eigenvalue weighted by molar-refractivity contribution is 7.80. The number of anilines is 1. The summed E-state index contributed by atoms with van der Waals surface area (Å²) in [6, 6.07) is 7.37. The molecular formula is C16H23N3OS. The first-order chi connectivity index (χ1) is 9.95. The average molecular weight is 305 g/mol. The maximum atomic E-state index is 12.2. The summed E-state index contributed by atoms with van der Waals surface area (Å²) in [6.07, 6.45) is 1.24. The molecule has 0 spiro atoms. The summed E-state index contributed by atoms with van der Waals surface area (Å²) in [4.78, 5) is 14.7. The number of nitrogens with one attached hydrogen (secondary N) is 1. The van der Waals surface area contributed by atoms with Gasteiger partial charge in [0.1, 0.15) is 4.99 Å². The van der Waals surface area contributed by atoms with Crippen LogP contribution in [0.4, 0.5) is 5.69 Å². The van der Waals surface area contributed by atoms with Crippen LogP contribution in [0.1, 0.15) is 25.8 Å². The largest absolute Gasteiger partial charge is 0.389 e. The Kier molecular flexibility index (Phi) is 5.31. The van der Waals surface area contributed by atoms with E-state index in [9.17, 15) is 4.79 Å². The van der Waals surface area contributed by atoms with Crippen LogP contribution in [0.2, 0.25) is 0 Å². The fourth-order valence-corrected chi connectivity index (χ4v) is 3.30. The minimum Gasteiger partial charge on any atom is -0.389 e. The van der Waals surface area contributed by atoms with Gasteiger partial charge in [0.2, 0.25) is 5.91 Å². The second-order valence-electron chi connectivity index (χ2n) is 6.10. The number of nitrogens with zero attached hydrogens (tertiary/aromatic N) is 1. The second kappa shape index (κ2) is 7.00. The number of likely N-dealkylation sites (tertiary alicyclic amines) is 1. The van der Waals surface area contributed by atoms with Crippen molar-refractivity contribution in [3.63, 3.8) is 0 Å². The third-order valence-corrected chi connectivity index (χ3v) is 4.00. The fraction of sp³-hybridized carbons (Fsp3) is 0.500. The predicted octanol–water partition coefficient (Wildman–Crippen LogP) is 2.24. The normalized spacial score (nSPS) is 22.8. The molecule has 1 saturated heterocycles. The van der Waals surface area contributed by atoms with Crippen LogP contribution >= 0.6 is 12.2 Å². The van der Waals surface area contributed by atoms with Gasteiger partial charge < -0.3 is 11.1 Å². The van der Waals surface area contributed by atoms with E-state index in [0.717, 1.165) is 13.1 Å². The van der Waals surface area contributed by atoms with Gasteiger partial charge >= 0.3 is 0 Å². The summed E-state index contributed by atoms with van der Waals surface area (Å²) in [6.45, 7) is 6.86. The van der Waals surface area contributed by atoms with Crippen molar-refractivity contribution >= 4 is 28.8 Å². The minimum atomic E-state index is -0.0139. The quantitative estimate of drug-likeness (QED) is 0.838. The smallest absolute Gasteiger partial charge is 0.238 e. The van der Waals surface area contributed by atoms with Gasteiger partial charge in [-0.25, -0.2) is 0 Å². The summed E-state index contributed by atoms with van der Waals surface area (Å²) in [5.74, 6) is 1.27. The maximum Gasteiger partial charge on any atom is 0.238 e. The number of benzene rings is 1. The molecule has 2 atom stereocenters. The highest BCUT2D eigenvalue weighted by Gasteiger charge is 2.23. The van der Waals surface area contributed by atoms with Gasteiger partial charge in [-0.05, 0) is 30.4 Å². The lowest BCUT2D eigenvalue weighted by atomic mass is 9.92. The van der Waals surface area contributed by atoms with Crippen LogP contribution in [0.15, 0.2) is 24.3 Å². The van der Waals surface area contributed by atoms with E-state index in [-0.39, 0.29) is 5.91 Å². The SMILES string of the molecule is CC1CC(C)CN(CC(=O)Nc2ccccc2C(N)=S)C1. The zero-order valence-corrected chi connectivity index (χ0v) is 13.5. The molecule has 0 aromatic heterocycles. The van der Waals surface area contributed by atoms with E-state index in [1.54, 1.807) is 0 Å². The van der Waals surface area contributed by atoms with Gasteiger partial charge in [0, 0.05) is 18.7 Å². The summed E-state index contributed by atoms with van der Waals surface area (Å²) in [5.41, 5.74) is 7.08. The summed E-state index contributed by atoms with van der Waals surface area (Å²) in [5, 5.41) is 2.92. The Morgan fingerprint density at radius 3 is 2.57 bits per heavy atom. The number of hydrogen-bond donors (Lipinski definition) is 2. The number of rotatable bonds is 4. The van der Waals surface area contributed by atoms with Gasteiger partial charge in [0.15, 0.2) is 0 Å². The molecule has 21 heavy (non-hydrogen) atoms. The number of para-hydroxylation sites is 1. The maximum absolute atomic E-state index is 12.2. The van der Waals surface area contributed by atoms with Crippen molar-refractivity contribution in [3.05, 3.63) is 29.8 Å². The molecule has 4 nitrogen and oxygen atoms in total. The molecule has 1 aromatic carbocycles. The molecule has 1 aromatic rings. The number of nitrogens with two attached hydrogens (primary N) is 1. The third kappa shape index (κ3) is 4.51. The molecule has 1 aliphatic heterocycles. The van der Waals surface area contributed by atoms with Crippen LogP contribution < -0.4 is 11.1 Å². The Morgan fingerprint density at radius 2 is 1.95 bits per heavy atom. The lowest BCUT2D eigenvalue weighted by Crippen LogP contribution is -2.43. The van der Waals surface area contributed by atoms with E-state index in [4.69, 9.17) is 18.0 Å². The molecule has 1 heterocycles. The van der Waals surface area contributed by atoms with Gasteiger partial charge in [-0.1, -0.05) is 38.2 Å². The molecule has 0 bridgehead atoms. The van der Waals surface area contributed by atoms with E-state index in [1.165, 1.54) is 6.42 Å². The Morgan fingerprint density at radius 1 is 1.33 bits per heavy atom. The number of carbonyl (C=O) groups is 1. The van der Waals surface area contributed by atoms with Gasteiger partial charge in [-0.2, -0.15) is 0 Å². The van der Waals surface area contributed by atoms with Crippen molar-refractivity contribution in [1.29, 1.82) is 0 Å². The third-order valence-electron chi connectivity index (χ3n) is 3.78. The molecule has 0 radical (unpaired) electrons. The molecule has 0 saturated carbocycles. The Labute approximate surface area is 131 Å². The second-order valence-corrected chi connectivity index (χ2v) is 6.54. The summed E-state index contributed by atoms with van der Waals surface area (Å²) >= 11 is 5.01. The molecule has 1 amide bonds. The van der Waals surface area contributed by atoms with Crippen LogP contribution in [0.5, 0.6) is 0 Å². The van der Waals surface area contributed by atoms with Crippen LogP contribution in [0, 0.1) is 11.8 Å². The van der Waals surface area contributed by atoms with E-state index in [0.29, 0.717) is 34.6 Å². The van der Waals surface area contributed by atoms with Crippen molar-refractivity contribution in [3.8, 4) is 0 Å². The van der Waals surface area contributed by atoms with Gasteiger partial charge in [0.25, 0.3) is 0 Å². The molecule has 1 fully saturated rings. The van der Waals surface area contributed by atoms with Crippen molar-refractivity contribution in [1.82, 2.24) is 4.90 Å². The van der Waals surface area contributed by atoms with Crippen molar-refractivity contribution < 1.29 is 4.79 Å². The zero-order valence-electron chi connectivity index (χ0n) is 12.6. The number of piperidine rings is 1. The highest BCUT2D eigenvalue weighted by atomic mass is 32.1. The van der Waals surface area contributed by atoms with Crippen LogP contribution in [-0.2, 0) is 4.79 Å². The van der Waals surface area contributed by atoms with Crippen molar-refractivity contribution in [2.75, 3.05) is 25.0 Å². The molecule has 1 aliphatic rings. The number of hydrogen-bond acceptors (Lipinski definition) is 3. The fourth-order valence-electron chi connectivity index (χ4n) is 3.12. The van der Waals surface area contributed by atoms with Crippen LogP contribution in [-0.4, -0.2) is 35.4 Å². The lowest BCUT2D eigenvalue weighted by molar-refractivity contribution is -0.117. The predicted molar refractivity (Wildman–Crippen MR) is 90.3 cm³/mol. The standard InChI is InChI=1S/C16H23N3OS/c1-11-7-12(2)9-19(8-11)10-15(20)18-14-6-4-3-5-13(14)16(17)21/h3-6,11-12H,7-10H2,1-2H3,(H2,17,21)(H,18,20). The van der Waals surface area contributed by atoms with Gasteiger partial charge in [-0.15, -0.1) is 0 Å². The molecule has 0 aliphatic carbocycles. The van der Waals surface area contributed by atoms with E-state index in [1.807, 2.05) is 24.3 Å². The first kappa shape index (κ1) is 15.9. The lowest BCUT2D eigenvalue weighted by Gasteiger charge is -2.34. The number of carbonyl (C=O) groups excluding carboxylic acids is 1. The molecule has 5 heteroatoms. The first-order valence-electron chi connectivity index (χ1n) is 7.36. The first-order valence-corrected chi connectivity index (χ1v) is 7.77. The van der Waals surface area contributed by atoms with E-state index < -0.39 is 0 Å². The molecular weight excluding hydrogens is 282 g/mol. The Bertz CT molecular complexity index is 522. The van der Waals surface area contributed by atoms with E-state index >= 15 is 0 Å². The van der Waals surface area contributed by atoms with Crippen molar-refractivity contribution in [2.45, 2.75) is 20.3 Å². The van der Waals surface area contributed by atoms with Crippen molar-refractivity contribution in [2.24, 2.45) is 17.6 Å². The summed E-state index contributed by atoms with van der Waals surface area (Å²) < 4.78 is 0. The van der Waals surface area contributed by atoms with Gasteiger partial charge in [0.05, 0.1) is 12.2 Å². The average Bonchev–Trinajstić information content (AvgIpc) is 2.37. The highest BCUT2D eigenvalue weighted by Crippen LogP contribution is 2.21. The summed E-state index contributed by atoms with van der Waals surface area (Å²) in [7, 11) is 0. The Hall–Kier alpha value is -1.46. The Balaban J connectivity index is 1.97. The molecule has 2 unspecified atom stereocenters. The minimum absolute atomic E-state index is 0.0139. The van der Waals surface area contributed by atoms with Crippen LogP contribution in [0.25, 0.3) is 0 Å². The topological polar surface area (TPSA) is 58.4 Å². The monoisotopic (exact) mass is 305 g/mol. The van der Waals surface area contributed by atoms with E-state index in [2.05, 4.69) is 24.1 Å². The van der Waals surface area contributed by atoms with Crippen LogP contribution in [0.3, 0.4) is 0 Å². The number of thiocarbonyl (C=S) groups is 1. The molecule has 114 valence electrons. The number of amides is 1. The zero-order chi connectivity index (χ0) is 15.4. The molecule has 3 N–H and O–H groups in total.